The first-order valence-electron chi connectivity index (χ1n) is 17.6. The van der Waals surface area contributed by atoms with E-state index in [1.807, 2.05) is 13.8 Å². The molecule has 0 aliphatic heterocycles. The van der Waals surface area contributed by atoms with Crippen molar-refractivity contribution in [1.29, 1.82) is 0 Å². The molecular weight excluding hydrogens is 589 g/mol. The summed E-state index contributed by atoms with van der Waals surface area (Å²) >= 11 is 0. The number of hydrogen-bond donors (Lipinski definition) is 0. The van der Waals surface area contributed by atoms with Gasteiger partial charge in [0.1, 0.15) is 0 Å². The average Bonchev–Trinajstić information content (AvgIpc) is 3.40. The summed E-state index contributed by atoms with van der Waals surface area (Å²) in [7, 11) is 0. The first-order chi connectivity index (χ1) is 24.0. The lowest BCUT2D eigenvalue weighted by molar-refractivity contribution is 0.660. The van der Waals surface area contributed by atoms with Gasteiger partial charge in [-0.15, -0.1) is 0 Å². The van der Waals surface area contributed by atoms with E-state index in [9.17, 15) is 0 Å². The summed E-state index contributed by atoms with van der Waals surface area (Å²) in [6.45, 7) is 8.71. The van der Waals surface area contributed by atoms with Crippen LogP contribution in [0.1, 0.15) is 38.8 Å². The molecule has 10 rings (SSSR count). The van der Waals surface area contributed by atoms with Crippen molar-refractivity contribution in [3.8, 4) is 33.4 Å². The highest BCUT2D eigenvalue weighted by Crippen LogP contribution is 2.49. The summed E-state index contributed by atoms with van der Waals surface area (Å²) in [6.07, 6.45) is 0. The summed E-state index contributed by atoms with van der Waals surface area (Å²) < 4.78 is 0. The number of benzene rings is 9. The Balaban J connectivity index is 0.00000160. The second-order valence-electron chi connectivity index (χ2n) is 13.7. The zero-order valence-electron chi connectivity index (χ0n) is 28.5. The third-order valence-corrected chi connectivity index (χ3v) is 10.8. The highest BCUT2D eigenvalue weighted by atomic mass is 14.4. The maximum atomic E-state index is 2.42. The maximum absolute atomic E-state index is 2.42. The zero-order chi connectivity index (χ0) is 33.3. The molecule has 0 amide bonds. The van der Waals surface area contributed by atoms with Crippen molar-refractivity contribution < 1.29 is 0 Å². The number of fused-ring (bicyclic) bond motifs is 11. The molecule has 1 aliphatic rings. The standard InChI is InChI=1S/C47H32.C2H6/c1-47(2)44-14-8-7-12-40(44)41-24-20-31(28-45(41)47)30-19-23-38-33(25-30)17-18-35-27-43(39-11-5-6-13-42(39)46(35)38)34-21-22-37-32(26-34)16-15-29-9-3-4-10-36(29)37;1-2/h3-28H,1-2H3;1-2H3. The van der Waals surface area contributed by atoms with Gasteiger partial charge in [0.15, 0.2) is 0 Å². The summed E-state index contributed by atoms with van der Waals surface area (Å²) in [4.78, 5) is 0. The topological polar surface area (TPSA) is 0 Å². The summed E-state index contributed by atoms with van der Waals surface area (Å²) in [6, 6.07) is 59.0. The van der Waals surface area contributed by atoms with Crippen LogP contribution in [0, 0.1) is 0 Å². The Morgan fingerprint density at radius 3 is 1.73 bits per heavy atom. The quantitative estimate of drug-likeness (QED) is 0.168. The molecular formula is C49H38. The van der Waals surface area contributed by atoms with Gasteiger partial charge in [-0.25, -0.2) is 0 Å². The Labute approximate surface area is 288 Å². The van der Waals surface area contributed by atoms with E-state index in [2.05, 4.69) is 172 Å². The fraction of sp³-hybridized carbons (Fsp3) is 0.102. The van der Waals surface area contributed by atoms with Gasteiger partial charge in [-0.1, -0.05) is 161 Å². The maximum Gasteiger partial charge on any atom is 0.0159 e. The molecule has 0 fully saturated rings. The Kier molecular flexibility index (Phi) is 6.71. The van der Waals surface area contributed by atoms with Crippen molar-refractivity contribution in [3.05, 3.63) is 169 Å². The van der Waals surface area contributed by atoms with Crippen molar-refractivity contribution >= 4 is 53.9 Å². The molecule has 0 spiro atoms. The SMILES string of the molecule is CC.CC1(C)c2ccccc2-c2ccc(-c3ccc4c(ccc5cc(-c6ccc7c(ccc8ccccc87)c6)c6ccccc6c54)c3)cc21. The van der Waals surface area contributed by atoms with Crippen molar-refractivity contribution in [2.45, 2.75) is 33.1 Å². The van der Waals surface area contributed by atoms with Gasteiger partial charge in [0, 0.05) is 5.41 Å². The van der Waals surface area contributed by atoms with Gasteiger partial charge in [-0.2, -0.15) is 0 Å². The minimum atomic E-state index is -0.00949. The van der Waals surface area contributed by atoms with Crippen LogP contribution in [0.3, 0.4) is 0 Å². The summed E-state index contributed by atoms with van der Waals surface area (Å²) in [5.74, 6) is 0. The molecule has 9 aromatic carbocycles. The fourth-order valence-electron chi connectivity index (χ4n) is 8.42. The van der Waals surface area contributed by atoms with Gasteiger partial charge >= 0.3 is 0 Å². The largest absolute Gasteiger partial charge is 0.0683 e. The smallest absolute Gasteiger partial charge is 0.0159 e. The first-order valence-corrected chi connectivity index (χ1v) is 17.6. The molecule has 0 nitrogen and oxygen atoms in total. The molecule has 234 valence electrons. The van der Waals surface area contributed by atoms with Gasteiger partial charge in [-0.3, -0.25) is 0 Å². The van der Waals surface area contributed by atoms with E-state index in [1.54, 1.807) is 0 Å². The molecule has 1 aliphatic carbocycles. The van der Waals surface area contributed by atoms with Gasteiger partial charge in [-0.05, 0) is 123 Å². The predicted octanol–water partition coefficient (Wildman–Crippen LogP) is 14.1. The van der Waals surface area contributed by atoms with Gasteiger partial charge in [0.25, 0.3) is 0 Å². The molecule has 0 aromatic heterocycles. The molecule has 0 heteroatoms. The van der Waals surface area contributed by atoms with Crippen LogP contribution in [-0.4, -0.2) is 0 Å². The van der Waals surface area contributed by atoms with Crippen molar-refractivity contribution in [1.82, 2.24) is 0 Å². The van der Waals surface area contributed by atoms with Crippen LogP contribution in [0.2, 0.25) is 0 Å². The van der Waals surface area contributed by atoms with E-state index >= 15 is 0 Å². The fourth-order valence-corrected chi connectivity index (χ4v) is 8.42. The van der Waals surface area contributed by atoms with Crippen LogP contribution in [0.4, 0.5) is 0 Å². The van der Waals surface area contributed by atoms with Gasteiger partial charge in [0.2, 0.25) is 0 Å². The first kappa shape index (κ1) is 29.4. The monoisotopic (exact) mass is 626 g/mol. The minimum Gasteiger partial charge on any atom is -0.0683 e. The predicted molar refractivity (Wildman–Crippen MR) is 214 cm³/mol. The van der Waals surface area contributed by atoms with E-state index in [1.165, 1.54) is 98.4 Å². The molecule has 9 aromatic rings. The Bertz CT molecular complexity index is 2760. The zero-order valence-corrected chi connectivity index (χ0v) is 28.5. The number of hydrogen-bond acceptors (Lipinski definition) is 0. The second kappa shape index (κ2) is 11.2. The van der Waals surface area contributed by atoms with Crippen LogP contribution in [0.15, 0.2) is 158 Å². The Morgan fingerprint density at radius 1 is 0.327 bits per heavy atom. The van der Waals surface area contributed by atoms with Crippen LogP contribution in [0.5, 0.6) is 0 Å². The van der Waals surface area contributed by atoms with Crippen molar-refractivity contribution in [2.24, 2.45) is 0 Å². The second-order valence-corrected chi connectivity index (χ2v) is 13.7. The molecule has 0 atom stereocenters. The molecule has 0 saturated heterocycles. The normalized spacial score (nSPS) is 13.1. The van der Waals surface area contributed by atoms with E-state index in [0.29, 0.717) is 0 Å². The molecule has 49 heavy (non-hydrogen) atoms. The molecule has 0 heterocycles. The molecule has 0 saturated carbocycles. The van der Waals surface area contributed by atoms with Crippen LogP contribution < -0.4 is 0 Å². The minimum absolute atomic E-state index is 0.00949. The molecule has 0 N–H and O–H groups in total. The number of rotatable bonds is 2. The lowest BCUT2D eigenvalue weighted by Crippen LogP contribution is -2.14. The van der Waals surface area contributed by atoms with Crippen LogP contribution in [-0.2, 0) is 5.41 Å². The van der Waals surface area contributed by atoms with Crippen LogP contribution >= 0.6 is 0 Å². The van der Waals surface area contributed by atoms with E-state index < -0.39 is 0 Å². The third-order valence-electron chi connectivity index (χ3n) is 10.8. The average molecular weight is 627 g/mol. The van der Waals surface area contributed by atoms with Crippen LogP contribution in [0.25, 0.3) is 87.2 Å². The van der Waals surface area contributed by atoms with E-state index in [0.717, 1.165) is 0 Å². The van der Waals surface area contributed by atoms with Crippen molar-refractivity contribution in [2.75, 3.05) is 0 Å². The lowest BCUT2D eigenvalue weighted by atomic mass is 9.81. The van der Waals surface area contributed by atoms with Crippen molar-refractivity contribution in [3.63, 3.8) is 0 Å². The lowest BCUT2D eigenvalue weighted by Gasteiger charge is -2.22. The van der Waals surface area contributed by atoms with Gasteiger partial charge in [0.05, 0.1) is 0 Å². The van der Waals surface area contributed by atoms with Gasteiger partial charge < -0.3 is 0 Å². The van der Waals surface area contributed by atoms with E-state index in [4.69, 9.17) is 0 Å². The highest BCUT2D eigenvalue weighted by Gasteiger charge is 2.35. The Hall–Kier alpha value is -5.72. The molecule has 0 bridgehead atoms. The molecule has 0 unspecified atom stereocenters. The molecule has 0 radical (unpaired) electrons. The third kappa shape index (κ3) is 4.44. The highest BCUT2D eigenvalue weighted by molar-refractivity contribution is 6.24. The summed E-state index contributed by atoms with van der Waals surface area (Å²) in [5, 5.41) is 12.9. The summed E-state index contributed by atoms with van der Waals surface area (Å²) in [5.41, 5.74) is 10.6. The van der Waals surface area contributed by atoms with E-state index in [-0.39, 0.29) is 5.41 Å². The Morgan fingerprint density at radius 2 is 0.878 bits per heavy atom.